The lowest BCUT2D eigenvalue weighted by atomic mass is 10.2. The standard InChI is InChI=1S/C19H27N5O2/c1-16-5-3-4-6-18(16)25-14-8-21-19(20-2)24-11-9-23(10-12-24)15-17-7-13-26-22-17/h3-7,13H,8-12,14-15H2,1-2H3,(H,20,21). The van der Waals surface area contributed by atoms with Crippen LogP contribution in [0.15, 0.2) is 46.1 Å². The second kappa shape index (κ2) is 9.24. The smallest absolute Gasteiger partial charge is 0.193 e. The van der Waals surface area contributed by atoms with Gasteiger partial charge in [-0.3, -0.25) is 9.89 Å². The van der Waals surface area contributed by atoms with Crippen molar-refractivity contribution in [1.29, 1.82) is 0 Å². The van der Waals surface area contributed by atoms with E-state index in [0.717, 1.165) is 62.2 Å². The van der Waals surface area contributed by atoms with Crippen LogP contribution in [0.3, 0.4) is 0 Å². The van der Waals surface area contributed by atoms with Gasteiger partial charge in [0.15, 0.2) is 5.96 Å². The summed E-state index contributed by atoms with van der Waals surface area (Å²) in [5.74, 6) is 1.87. The van der Waals surface area contributed by atoms with Crippen molar-refractivity contribution in [1.82, 2.24) is 20.3 Å². The first kappa shape index (κ1) is 18.3. The Balaban J connectivity index is 1.38. The predicted molar refractivity (Wildman–Crippen MR) is 101 cm³/mol. The Kier molecular flexibility index (Phi) is 6.49. The van der Waals surface area contributed by atoms with Gasteiger partial charge < -0.3 is 19.5 Å². The van der Waals surface area contributed by atoms with E-state index < -0.39 is 0 Å². The molecule has 1 saturated heterocycles. The summed E-state index contributed by atoms with van der Waals surface area (Å²) in [6.45, 7) is 8.06. The molecule has 1 aromatic carbocycles. The maximum atomic E-state index is 5.83. The summed E-state index contributed by atoms with van der Waals surface area (Å²) in [6, 6.07) is 9.98. The number of rotatable bonds is 6. The van der Waals surface area contributed by atoms with Gasteiger partial charge in [-0.2, -0.15) is 0 Å². The van der Waals surface area contributed by atoms with Crippen LogP contribution < -0.4 is 10.1 Å². The van der Waals surface area contributed by atoms with Crippen LogP contribution in [0.1, 0.15) is 11.3 Å². The van der Waals surface area contributed by atoms with Crippen LogP contribution in [0.2, 0.25) is 0 Å². The minimum atomic E-state index is 0.607. The second-order valence-electron chi connectivity index (χ2n) is 6.34. The molecule has 1 aromatic heterocycles. The second-order valence-corrected chi connectivity index (χ2v) is 6.34. The number of aryl methyl sites for hydroxylation is 1. The van der Waals surface area contributed by atoms with Crippen molar-refractivity contribution >= 4 is 5.96 Å². The number of benzene rings is 1. The first-order chi connectivity index (χ1) is 12.8. The van der Waals surface area contributed by atoms with Crippen LogP contribution in [0.5, 0.6) is 5.75 Å². The summed E-state index contributed by atoms with van der Waals surface area (Å²) in [6.07, 6.45) is 1.62. The molecule has 0 spiro atoms. The molecular formula is C19H27N5O2. The van der Waals surface area contributed by atoms with Gasteiger partial charge in [0.25, 0.3) is 0 Å². The third-order valence-electron chi connectivity index (χ3n) is 4.50. The molecule has 1 fully saturated rings. The van der Waals surface area contributed by atoms with Crippen LogP contribution in [0, 0.1) is 6.92 Å². The van der Waals surface area contributed by atoms with Crippen molar-refractivity contribution in [3.63, 3.8) is 0 Å². The Morgan fingerprint density at radius 1 is 1.23 bits per heavy atom. The van der Waals surface area contributed by atoms with Crippen molar-refractivity contribution < 1.29 is 9.26 Å². The molecule has 0 unspecified atom stereocenters. The number of piperazine rings is 1. The fraction of sp³-hybridized carbons (Fsp3) is 0.474. The molecule has 0 amide bonds. The van der Waals surface area contributed by atoms with Crippen LogP contribution >= 0.6 is 0 Å². The lowest BCUT2D eigenvalue weighted by Crippen LogP contribution is -2.52. The highest BCUT2D eigenvalue weighted by Gasteiger charge is 2.20. The molecule has 1 aliphatic rings. The van der Waals surface area contributed by atoms with Gasteiger partial charge in [-0.25, -0.2) is 0 Å². The molecular weight excluding hydrogens is 330 g/mol. The summed E-state index contributed by atoms with van der Waals surface area (Å²) >= 11 is 0. The minimum absolute atomic E-state index is 0.607. The third kappa shape index (κ3) is 4.98. The lowest BCUT2D eigenvalue weighted by molar-refractivity contribution is 0.168. The number of para-hydroxylation sites is 1. The molecule has 140 valence electrons. The number of hydrogen-bond donors (Lipinski definition) is 1. The molecule has 2 aromatic rings. The number of nitrogens with one attached hydrogen (secondary N) is 1. The average Bonchev–Trinajstić information content (AvgIpc) is 3.17. The number of guanidine groups is 1. The largest absolute Gasteiger partial charge is 0.491 e. The van der Waals surface area contributed by atoms with E-state index in [1.165, 1.54) is 0 Å². The minimum Gasteiger partial charge on any atom is -0.491 e. The SMILES string of the molecule is CN=C(NCCOc1ccccc1C)N1CCN(Cc2ccon2)CC1. The molecule has 7 heteroatoms. The summed E-state index contributed by atoms with van der Waals surface area (Å²) in [5, 5.41) is 7.38. The van der Waals surface area contributed by atoms with Gasteiger partial charge in [-0.1, -0.05) is 23.4 Å². The zero-order valence-electron chi connectivity index (χ0n) is 15.5. The summed E-state index contributed by atoms with van der Waals surface area (Å²) in [5.41, 5.74) is 2.13. The predicted octanol–water partition coefficient (Wildman–Crippen LogP) is 1.76. The first-order valence-corrected chi connectivity index (χ1v) is 9.02. The highest BCUT2D eigenvalue weighted by Crippen LogP contribution is 2.15. The van der Waals surface area contributed by atoms with Gasteiger partial charge in [0, 0.05) is 45.8 Å². The van der Waals surface area contributed by atoms with Crippen molar-refractivity contribution in [2.45, 2.75) is 13.5 Å². The van der Waals surface area contributed by atoms with E-state index >= 15 is 0 Å². The molecule has 3 rings (SSSR count). The number of nitrogens with zero attached hydrogens (tertiary/aromatic N) is 4. The fourth-order valence-electron chi connectivity index (χ4n) is 3.04. The molecule has 0 atom stereocenters. The Labute approximate surface area is 154 Å². The molecule has 1 aliphatic heterocycles. The van der Waals surface area contributed by atoms with E-state index in [1.807, 2.05) is 31.3 Å². The molecule has 0 saturated carbocycles. The van der Waals surface area contributed by atoms with Gasteiger partial charge in [-0.05, 0) is 18.6 Å². The number of aliphatic imine (C=N–C) groups is 1. The molecule has 2 heterocycles. The quantitative estimate of drug-likeness (QED) is 0.483. The molecule has 26 heavy (non-hydrogen) atoms. The monoisotopic (exact) mass is 357 g/mol. The van der Waals surface area contributed by atoms with Crippen LogP contribution in [0.4, 0.5) is 0 Å². The maximum Gasteiger partial charge on any atom is 0.193 e. The molecule has 0 aliphatic carbocycles. The molecule has 0 radical (unpaired) electrons. The molecule has 7 nitrogen and oxygen atoms in total. The van der Waals surface area contributed by atoms with Gasteiger partial charge in [0.1, 0.15) is 18.6 Å². The van der Waals surface area contributed by atoms with E-state index in [2.05, 4.69) is 38.3 Å². The summed E-state index contributed by atoms with van der Waals surface area (Å²) in [4.78, 5) is 9.07. The number of hydrogen-bond acceptors (Lipinski definition) is 5. The Bertz CT molecular complexity index is 694. The zero-order chi connectivity index (χ0) is 18.2. The van der Waals surface area contributed by atoms with Gasteiger partial charge in [0.2, 0.25) is 0 Å². The molecule has 1 N–H and O–H groups in total. The van der Waals surface area contributed by atoms with E-state index in [0.29, 0.717) is 6.61 Å². The highest BCUT2D eigenvalue weighted by molar-refractivity contribution is 5.80. The van der Waals surface area contributed by atoms with E-state index in [4.69, 9.17) is 9.26 Å². The maximum absolute atomic E-state index is 5.83. The van der Waals surface area contributed by atoms with Crippen LogP contribution in [-0.4, -0.2) is 67.3 Å². The number of aromatic nitrogens is 1. The highest BCUT2D eigenvalue weighted by atomic mass is 16.5. The van der Waals surface area contributed by atoms with Crippen molar-refractivity contribution in [3.8, 4) is 5.75 Å². The molecule has 0 bridgehead atoms. The van der Waals surface area contributed by atoms with Gasteiger partial charge in [0.05, 0.1) is 12.2 Å². The Morgan fingerprint density at radius 3 is 2.73 bits per heavy atom. The average molecular weight is 357 g/mol. The van der Waals surface area contributed by atoms with E-state index in [-0.39, 0.29) is 0 Å². The van der Waals surface area contributed by atoms with Crippen molar-refractivity contribution in [2.24, 2.45) is 4.99 Å². The van der Waals surface area contributed by atoms with Crippen LogP contribution in [0.25, 0.3) is 0 Å². The summed E-state index contributed by atoms with van der Waals surface area (Å²) in [7, 11) is 1.83. The lowest BCUT2D eigenvalue weighted by Gasteiger charge is -2.36. The van der Waals surface area contributed by atoms with Crippen molar-refractivity contribution in [3.05, 3.63) is 47.9 Å². The fourth-order valence-corrected chi connectivity index (χ4v) is 3.04. The van der Waals surface area contributed by atoms with Crippen molar-refractivity contribution in [2.75, 3.05) is 46.4 Å². The Morgan fingerprint density at radius 2 is 2.04 bits per heavy atom. The zero-order valence-corrected chi connectivity index (χ0v) is 15.5. The third-order valence-corrected chi connectivity index (χ3v) is 4.50. The van der Waals surface area contributed by atoms with E-state index in [1.54, 1.807) is 6.26 Å². The normalized spacial score (nSPS) is 15.9. The first-order valence-electron chi connectivity index (χ1n) is 9.02. The topological polar surface area (TPSA) is 66.1 Å². The summed E-state index contributed by atoms with van der Waals surface area (Å²) < 4.78 is 10.7. The van der Waals surface area contributed by atoms with Gasteiger partial charge >= 0.3 is 0 Å². The van der Waals surface area contributed by atoms with Crippen LogP contribution in [-0.2, 0) is 6.54 Å². The van der Waals surface area contributed by atoms with E-state index in [9.17, 15) is 0 Å². The Hall–Kier alpha value is -2.54. The van der Waals surface area contributed by atoms with Gasteiger partial charge in [-0.15, -0.1) is 0 Å². The number of ether oxygens (including phenoxy) is 1.